The summed E-state index contributed by atoms with van der Waals surface area (Å²) in [5, 5.41) is 0.985. The zero-order valence-corrected chi connectivity index (χ0v) is 16.9. The molecule has 2 heterocycles. The van der Waals surface area contributed by atoms with E-state index in [1.165, 1.54) is 4.90 Å². The molecule has 1 atom stereocenters. The third-order valence-corrected chi connectivity index (χ3v) is 5.25. The van der Waals surface area contributed by atoms with Crippen molar-refractivity contribution in [3.05, 3.63) is 28.1 Å². The number of fused-ring (bicyclic) bond motifs is 1. The average Bonchev–Trinajstić information content (AvgIpc) is 2.99. The first kappa shape index (κ1) is 19.4. The maximum atomic E-state index is 12.8. The Morgan fingerprint density at radius 1 is 1.33 bits per heavy atom. The summed E-state index contributed by atoms with van der Waals surface area (Å²) in [5.41, 5.74) is 2.37. The number of rotatable bonds is 6. The predicted octanol–water partition coefficient (Wildman–Crippen LogP) is 3.88. The molecule has 0 radical (unpaired) electrons. The minimum absolute atomic E-state index is 0.121. The summed E-state index contributed by atoms with van der Waals surface area (Å²) in [7, 11) is 0. The number of aryl methyl sites for hydroxylation is 2. The zero-order chi connectivity index (χ0) is 19.6. The lowest BCUT2D eigenvalue weighted by atomic mass is 10.1. The van der Waals surface area contributed by atoms with Crippen LogP contribution in [0.4, 0.5) is 5.69 Å². The van der Waals surface area contributed by atoms with E-state index in [9.17, 15) is 9.59 Å². The van der Waals surface area contributed by atoms with E-state index in [0.29, 0.717) is 24.5 Å². The van der Waals surface area contributed by atoms with Gasteiger partial charge in [0.1, 0.15) is 12.3 Å². The standard InChI is InChI=1S/C20H24N2O4S/c1-5-9-25-18(23)11-22-15-10-14(19-12(3)27-13(4)21-19)7-8-17(15)26-16(6-2)20(22)24/h7-8,10,16H,5-6,9,11H2,1-4H3. The Bertz CT molecular complexity index is 862. The topological polar surface area (TPSA) is 68.7 Å². The van der Waals surface area contributed by atoms with Crippen LogP contribution in [0, 0.1) is 13.8 Å². The first-order valence-electron chi connectivity index (χ1n) is 9.16. The van der Waals surface area contributed by atoms with Crippen LogP contribution >= 0.6 is 11.3 Å². The zero-order valence-electron chi connectivity index (χ0n) is 16.1. The number of nitrogens with zero attached hydrogens (tertiary/aromatic N) is 2. The maximum Gasteiger partial charge on any atom is 0.326 e. The first-order chi connectivity index (χ1) is 12.9. The van der Waals surface area contributed by atoms with Crippen LogP contribution in [0.15, 0.2) is 18.2 Å². The fourth-order valence-electron chi connectivity index (χ4n) is 3.08. The van der Waals surface area contributed by atoms with Gasteiger partial charge in [0, 0.05) is 10.4 Å². The van der Waals surface area contributed by atoms with Crippen molar-refractivity contribution in [3.8, 4) is 17.0 Å². The molecule has 1 unspecified atom stereocenters. The fraction of sp³-hybridized carbons (Fsp3) is 0.450. The lowest BCUT2D eigenvalue weighted by molar-refractivity contribution is -0.143. The van der Waals surface area contributed by atoms with Crippen molar-refractivity contribution in [3.63, 3.8) is 0 Å². The number of benzene rings is 1. The number of ether oxygens (including phenoxy) is 2. The van der Waals surface area contributed by atoms with Crippen LogP contribution in [0.2, 0.25) is 0 Å². The number of hydrogen-bond acceptors (Lipinski definition) is 6. The van der Waals surface area contributed by atoms with Crippen LogP contribution in [-0.2, 0) is 14.3 Å². The van der Waals surface area contributed by atoms with Gasteiger partial charge in [-0.05, 0) is 44.9 Å². The quantitative estimate of drug-likeness (QED) is 0.703. The molecule has 27 heavy (non-hydrogen) atoms. The van der Waals surface area contributed by atoms with Gasteiger partial charge < -0.3 is 9.47 Å². The number of amides is 1. The Labute approximate surface area is 163 Å². The molecule has 1 aliphatic rings. The Kier molecular flexibility index (Phi) is 5.79. The van der Waals surface area contributed by atoms with Crippen molar-refractivity contribution in [2.24, 2.45) is 0 Å². The molecule has 1 aromatic carbocycles. The number of hydrogen-bond donors (Lipinski definition) is 0. The van der Waals surface area contributed by atoms with Gasteiger partial charge in [0.2, 0.25) is 0 Å². The molecule has 3 rings (SSSR count). The van der Waals surface area contributed by atoms with Crippen LogP contribution < -0.4 is 9.64 Å². The lowest BCUT2D eigenvalue weighted by Crippen LogP contribution is -2.48. The fourth-order valence-corrected chi connectivity index (χ4v) is 3.92. The van der Waals surface area contributed by atoms with Crippen molar-refractivity contribution >= 4 is 28.9 Å². The Balaban J connectivity index is 1.98. The minimum atomic E-state index is -0.592. The van der Waals surface area contributed by atoms with E-state index < -0.39 is 12.1 Å². The number of carbonyl (C=O) groups is 2. The summed E-state index contributed by atoms with van der Waals surface area (Å²) in [4.78, 5) is 32.2. The number of carbonyl (C=O) groups excluding carboxylic acids is 2. The predicted molar refractivity (Wildman–Crippen MR) is 105 cm³/mol. The second kappa shape index (κ2) is 8.08. The van der Waals surface area contributed by atoms with Crippen molar-refractivity contribution in [1.82, 2.24) is 4.98 Å². The second-order valence-corrected chi connectivity index (χ2v) is 7.89. The van der Waals surface area contributed by atoms with Crippen LogP contribution in [0.3, 0.4) is 0 Å². The molecule has 0 N–H and O–H groups in total. The lowest BCUT2D eigenvalue weighted by Gasteiger charge is -2.33. The van der Waals surface area contributed by atoms with Crippen molar-refractivity contribution in [2.75, 3.05) is 18.1 Å². The second-order valence-electron chi connectivity index (χ2n) is 6.48. The third kappa shape index (κ3) is 3.98. The van der Waals surface area contributed by atoms with E-state index in [1.807, 2.05) is 45.9 Å². The highest BCUT2D eigenvalue weighted by Crippen LogP contribution is 2.39. The van der Waals surface area contributed by atoms with Gasteiger partial charge in [0.15, 0.2) is 6.10 Å². The molecule has 2 aromatic rings. The molecule has 0 bridgehead atoms. The molecule has 0 saturated carbocycles. The number of anilines is 1. The van der Waals surface area contributed by atoms with E-state index in [0.717, 1.165) is 27.6 Å². The number of thiazole rings is 1. The van der Waals surface area contributed by atoms with Gasteiger partial charge in [-0.25, -0.2) is 4.98 Å². The Morgan fingerprint density at radius 2 is 2.11 bits per heavy atom. The smallest absolute Gasteiger partial charge is 0.326 e. The van der Waals surface area contributed by atoms with Gasteiger partial charge >= 0.3 is 5.97 Å². The van der Waals surface area contributed by atoms with Crippen LogP contribution in [0.25, 0.3) is 11.3 Å². The molecule has 7 heteroatoms. The first-order valence-corrected chi connectivity index (χ1v) is 9.98. The SMILES string of the molecule is CCCOC(=O)CN1C(=O)C(CC)Oc2ccc(-c3nc(C)sc3C)cc21. The Hall–Kier alpha value is -2.41. The van der Waals surface area contributed by atoms with Crippen molar-refractivity contribution in [2.45, 2.75) is 46.6 Å². The van der Waals surface area contributed by atoms with E-state index in [2.05, 4.69) is 4.98 Å². The molecular weight excluding hydrogens is 364 g/mol. The summed E-state index contributed by atoms with van der Waals surface area (Å²) >= 11 is 1.63. The minimum Gasteiger partial charge on any atom is -0.478 e. The highest BCUT2D eigenvalue weighted by Gasteiger charge is 2.35. The maximum absolute atomic E-state index is 12.8. The van der Waals surface area contributed by atoms with E-state index in [-0.39, 0.29) is 12.5 Å². The number of esters is 1. The van der Waals surface area contributed by atoms with Gasteiger partial charge in [-0.3, -0.25) is 14.5 Å². The molecule has 0 spiro atoms. The molecule has 144 valence electrons. The molecule has 1 aromatic heterocycles. The molecule has 1 amide bonds. The van der Waals surface area contributed by atoms with E-state index >= 15 is 0 Å². The van der Waals surface area contributed by atoms with Crippen LogP contribution in [-0.4, -0.2) is 36.1 Å². The summed E-state index contributed by atoms with van der Waals surface area (Å²) in [6, 6.07) is 5.66. The molecule has 1 aliphatic heterocycles. The summed E-state index contributed by atoms with van der Waals surface area (Å²) < 4.78 is 11.0. The van der Waals surface area contributed by atoms with Gasteiger partial charge in [-0.1, -0.05) is 13.8 Å². The highest BCUT2D eigenvalue weighted by molar-refractivity contribution is 7.11. The monoisotopic (exact) mass is 388 g/mol. The molecule has 0 fully saturated rings. The van der Waals surface area contributed by atoms with Gasteiger partial charge in [-0.2, -0.15) is 0 Å². The Morgan fingerprint density at radius 3 is 2.74 bits per heavy atom. The van der Waals surface area contributed by atoms with E-state index in [1.54, 1.807) is 11.3 Å². The molecule has 0 aliphatic carbocycles. The van der Waals surface area contributed by atoms with Crippen LogP contribution in [0.5, 0.6) is 5.75 Å². The summed E-state index contributed by atoms with van der Waals surface area (Å²) in [5.74, 6) is -0.0427. The van der Waals surface area contributed by atoms with E-state index in [4.69, 9.17) is 9.47 Å². The van der Waals surface area contributed by atoms with Gasteiger partial charge in [-0.15, -0.1) is 11.3 Å². The molecular formula is C20H24N2O4S. The number of aromatic nitrogens is 1. The molecule has 0 saturated heterocycles. The third-order valence-electron chi connectivity index (χ3n) is 4.36. The summed E-state index contributed by atoms with van der Waals surface area (Å²) in [6.07, 6.45) is 0.680. The normalized spacial score (nSPS) is 16.1. The van der Waals surface area contributed by atoms with Gasteiger partial charge in [0.05, 0.1) is 23.0 Å². The summed E-state index contributed by atoms with van der Waals surface area (Å²) in [6.45, 7) is 8.03. The van der Waals surface area contributed by atoms with Crippen molar-refractivity contribution < 1.29 is 19.1 Å². The largest absolute Gasteiger partial charge is 0.478 e. The molecule has 6 nitrogen and oxygen atoms in total. The van der Waals surface area contributed by atoms with Crippen LogP contribution in [0.1, 0.15) is 36.6 Å². The van der Waals surface area contributed by atoms with Gasteiger partial charge in [0.25, 0.3) is 5.91 Å². The average molecular weight is 388 g/mol. The van der Waals surface area contributed by atoms with Crippen molar-refractivity contribution in [1.29, 1.82) is 0 Å². The highest BCUT2D eigenvalue weighted by atomic mass is 32.1.